The summed E-state index contributed by atoms with van der Waals surface area (Å²) in [6, 6.07) is 0. The zero-order valence-electron chi connectivity index (χ0n) is 4.71. The number of alkyl halides is 4. The van der Waals surface area contributed by atoms with E-state index in [-0.39, 0.29) is 0 Å². The first kappa shape index (κ1) is 9.57. The fraction of sp³-hybridized carbons (Fsp3) is 1.00. The van der Waals surface area contributed by atoms with Crippen LogP contribution in [0.1, 0.15) is 0 Å². The molecule has 0 aliphatic heterocycles. The minimum atomic E-state index is -5.23. The fourth-order valence-electron chi connectivity index (χ4n) is 0.164. The summed E-state index contributed by atoms with van der Waals surface area (Å²) in [5, 5.41) is 0. The standard InChI is InChI=1S/C3H3F5O2/c1-9-2(4,5)3(6,7)10-8/h1H3. The second kappa shape index (κ2) is 2.67. The summed E-state index contributed by atoms with van der Waals surface area (Å²) < 4.78 is 59.7. The average Bonchev–Trinajstić information content (AvgIpc) is 1.88. The van der Waals surface area contributed by atoms with Crippen molar-refractivity contribution in [1.29, 1.82) is 0 Å². The van der Waals surface area contributed by atoms with E-state index in [0.717, 1.165) is 0 Å². The molecule has 0 amide bonds. The van der Waals surface area contributed by atoms with Gasteiger partial charge in [-0.2, -0.15) is 17.6 Å². The minimum Gasteiger partial charge on any atom is -0.317 e. The van der Waals surface area contributed by atoms with E-state index >= 15 is 0 Å². The molecule has 0 aliphatic carbocycles. The van der Waals surface area contributed by atoms with Gasteiger partial charge in [0, 0.05) is 7.11 Å². The second-order valence-electron chi connectivity index (χ2n) is 1.31. The fourth-order valence-corrected chi connectivity index (χ4v) is 0.164. The molecule has 7 heteroatoms. The molecule has 0 aromatic rings. The molecule has 0 saturated heterocycles. The molecule has 0 atom stereocenters. The van der Waals surface area contributed by atoms with Crippen LogP contribution >= 0.6 is 0 Å². The zero-order chi connectivity index (χ0) is 8.41. The molecule has 0 radical (unpaired) electrons. The number of halogens is 5. The molecule has 0 fully saturated rings. The van der Waals surface area contributed by atoms with Crippen molar-refractivity contribution in [3.63, 3.8) is 0 Å². The van der Waals surface area contributed by atoms with Crippen LogP contribution in [-0.2, 0) is 9.68 Å². The van der Waals surface area contributed by atoms with E-state index < -0.39 is 12.2 Å². The maximum Gasteiger partial charge on any atom is 0.478 e. The van der Waals surface area contributed by atoms with Gasteiger partial charge in [-0.1, -0.05) is 0 Å². The van der Waals surface area contributed by atoms with Crippen LogP contribution in [0.25, 0.3) is 0 Å². The molecule has 0 spiro atoms. The van der Waals surface area contributed by atoms with Gasteiger partial charge in [-0.3, -0.25) is 0 Å². The lowest BCUT2D eigenvalue weighted by Crippen LogP contribution is -2.42. The van der Waals surface area contributed by atoms with Crippen molar-refractivity contribution >= 4 is 0 Å². The van der Waals surface area contributed by atoms with Crippen LogP contribution < -0.4 is 0 Å². The van der Waals surface area contributed by atoms with Gasteiger partial charge in [0.2, 0.25) is 0 Å². The van der Waals surface area contributed by atoms with Crippen molar-refractivity contribution in [3.8, 4) is 0 Å². The van der Waals surface area contributed by atoms with E-state index in [4.69, 9.17) is 0 Å². The quantitative estimate of drug-likeness (QED) is 0.594. The van der Waals surface area contributed by atoms with Crippen molar-refractivity contribution in [1.82, 2.24) is 0 Å². The van der Waals surface area contributed by atoms with Crippen molar-refractivity contribution in [2.24, 2.45) is 0 Å². The van der Waals surface area contributed by atoms with Crippen LogP contribution in [0.5, 0.6) is 0 Å². The van der Waals surface area contributed by atoms with Gasteiger partial charge in [0.25, 0.3) is 0 Å². The van der Waals surface area contributed by atoms with Crippen LogP contribution in [-0.4, -0.2) is 19.3 Å². The minimum absolute atomic E-state index is 0.299. The molecule has 0 aromatic heterocycles. The second-order valence-corrected chi connectivity index (χ2v) is 1.31. The van der Waals surface area contributed by atoms with Crippen LogP contribution in [0.3, 0.4) is 0 Å². The first-order valence-electron chi connectivity index (χ1n) is 1.98. The van der Waals surface area contributed by atoms with Gasteiger partial charge in [0.05, 0.1) is 0 Å². The van der Waals surface area contributed by atoms with E-state index in [1.54, 1.807) is 4.94 Å². The van der Waals surface area contributed by atoms with Gasteiger partial charge in [-0.25, -0.2) is 0 Å². The number of rotatable bonds is 3. The molecule has 2 nitrogen and oxygen atoms in total. The molecule has 0 bridgehead atoms. The zero-order valence-corrected chi connectivity index (χ0v) is 4.71. The van der Waals surface area contributed by atoms with Gasteiger partial charge in [-0.05, 0) is 4.53 Å². The summed E-state index contributed by atoms with van der Waals surface area (Å²) in [4.78, 5) is 1.68. The number of ether oxygens (including phenoxy) is 1. The average molecular weight is 166 g/mol. The first-order valence-corrected chi connectivity index (χ1v) is 1.98. The molecule has 0 aromatic carbocycles. The van der Waals surface area contributed by atoms with Crippen LogP contribution in [0.15, 0.2) is 0 Å². The smallest absolute Gasteiger partial charge is 0.317 e. The Labute approximate surface area is 52.4 Å². The molecule has 10 heavy (non-hydrogen) atoms. The highest BCUT2D eigenvalue weighted by Gasteiger charge is 2.60. The Morgan fingerprint density at radius 1 is 1.00 bits per heavy atom. The lowest BCUT2D eigenvalue weighted by atomic mass is 10.6. The normalized spacial score (nSPS) is 13.8. The summed E-state index contributed by atoms with van der Waals surface area (Å²) >= 11 is 0. The highest BCUT2D eigenvalue weighted by Crippen LogP contribution is 2.35. The third-order valence-electron chi connectivity index (χ3n) is 0.692. The van der Waals surface area contributed by atoms with E-state index in [9.17, 15) is 22.1 Å². The van der Waals surface area contributed by atoms with Gasteiger partial charge in [0.1, 0.15) is 0 Å². The van der Waals surface area contributed by atoms with E-state index in [2.05, 4.69) is 4.74 Å². The molecular formula is C3H3F5O2. The summed E-state index contributed by atoms with van der Waals surface area (Å²) in [5.74, 6) is 0. The molecule has 0 heterocycles. The van der Waals surface area contributed by atoms with Crippen molar-refractivity contribution < 1.29 is 31.8 Å². The highest BCUT2D eigenvalue weighted by molar-refractivity contribution is 4.62. The van der Waals surface area contributed by atoms with E-state index in [1.165, 1.54) is 0 Å². The maximum absolute atomic E-state index is 11.6. The molecule has 0 aliphatic rings. The van der Waals surface area contributed by atoms with Gasteiger partial charge in [0.15, 0.2) is 0 Å². The van der Waals surface area contributed by atoms with Crippen molar-refractivity contribution in [2.45, 2.75) is 12.2 Å². The van der Waals surface area contributed by atoms with Crippen molar-refractivity contribution in [2.75, 3.05) is 7.11 Å². The Kier molecular flexibility index (Phi) is 2.55. The lowest BCUT2D eigenvalue weighted by molar-refractivity contribution is -0.476. The van der Waals surface area contributed by atoms with Crippen LogP contribution in [0.2, 0.25) is 0 Å². The van der Waals surface area contributed by atoms with Crippen molar-refractivity contribution in [3.05, 3.63) is 0 Å². The molecule has 62 valence electrons. The lowest BCUT2D eigenvalue weighted by Gasteiger charge is -2.19. The Bertz CT molecular complexity index is 99.5. The van der Waals surface area contributed by atoms with E-state index in [1.807, 2.05) is 0 Å². The number of methoxy groups -OCH3 is 1. The third kappa shape index (κ3) is 1.54. The van der Waals surface area contributed by atoms with Gasteiger partial charge < -0.3 is 4.74 Å². The van der Waals surface area contributed by atoms with Gasteiger partial charge >= 0.3 is 12.2 Å². The monoisotopic (exact) mass is 166 g/mol. The maximum atomic E-state index is 11.6. The molecule has 0 unspecified atom stereocenters. The first-order chi connectivity index (χ1) is 4.37. The number of hydrogen-bond acceptors (Lipinski definition) is 2. The highest BCUT2D eigenvalue weighted by atomic mass is 19.4. The van der Waals surface area contributed by atoms with Crippen LogP contribution in [0.4, 0.5) is 22.1 Å². The summed E-state index contributed by atoms with van der Waals surface area (Å²) in [7, 11) is 0.299. The van der Waals surface area contributed by atoms with Gasteiger partial charge in [-0.15, -0.1) is 4.94 Å². The summed E-state index contributed by atoms with van der Waals surface area (Å²) in [5.41, 5.74) is 0. The summed E-state index contributed by atoms with van der Waals surface area (Å²) in [6.45, 7) is 0. The topological polar surface area (TPSA) is 18.5 Å². The third-order valence-corrected chi connectivity index (χ3v) is 0.692. The largest absolute Gasteiger partial charge is 0.478 e. The molecule has 0 rings (SSSR count). The molecule has 0 N–H and O–H groups in total. The number of hydrogen-bond donors (Lipinski definition) is 0. The SMILES string of the molecule is COC(F)(F)C(F)(F)OF. The molecule has 0 saturated carbocycles. The predicted molar refractivity (Wildman–Crippen MR) is 19.1 cm³/mol. The van der Waals surface area contributed by atoms with E-state index in [0.29, 0.717) is 7.11 Å². The Balaban J connectivity index is 4.28. The summed E-state index contributed by atoms with van der Waals surface area (Å²) in [6.07, 6.45) is -10.2. The Hall–Kier alpha value is -0.430. The Morgan fingerprint density at radius 3 is 1.50 bits per heavy atom. The molecular weight excluding hydrogens is 163 g/mol. The van der Waals surface area contributed by atoms with Crippen LogP contribution in [0, 0.1) is 0 Å². The predicted octanol–water partition coefficient (Wildman–Crippen LogP) is 1.72. The Morgan fingerprint density at radius 2 is 1.40 bits per heavy atom.